The first-order chi connectivity index (χ1) is 11.6. The molecule has 0 amide bonds. The van der Waals surface area contributed by atoms with Gasteiger partial charge in [-0.15, -0.1) is 0 Å². The second kappa shape index (κ2) is 7.35. The molecule has 0 aromatic rings. The fourth-order valence-electron chi connectivity index (χ4n) is 4.30. The molecule has 0 aromatic heterocycles. The maximum atomic E-state index is 6.36. The van der Waals surface area contributed by atoms with E-state index in [0.717, 1.165) is 25.7 Å². The van der Waals surface area contributed by atoms with Gasteiger partial charge >= 0.3 is 0 Å². The van der Waals surface area contributed by atoms with E-state index in [2.05, 4.69) is 55.4 Å². The molecule has 2 aliphatic heterocycles. The van der Waals surface area contributed by atoms with Gasteiger partial charge in [0.15, 0.2) is 11.6 Å². The van der Waals surface area contributed by atoms with Gasteiger partial charge in [-0.1, -0.05) is 55.4 Å². The van der Waals surface area contributed by atoms with E-state index in [1.165, 1.54) is 0 Å². The van der Waals surface area contributed by atoms with Crippen molar-refractivity contribution in [2.24, 2.45) is 22.7 Å². The Kier molecular flexibility index (Phi) is 6.25. The number of rotatable bonds is 3. The fraction of sp³-hybridized carbons (Fsp3) is 1.00. The molecule has 2 saturated heterocycles. The minimum Gasteiger partial charge on any atom is -0.344 e. The van der Waals surface area contributed by atoms with Crippen molar-refractivity contribution in [3.05, 3.63) is 0 Å². The number of hydrogen-bond donors (Lipinski definition) is 0. The van der Waals surface area contributed by atoms with Gasteiger partial charge in [0, 0.05) is 12.8 Å². The van der Waals surface area contributed by atoms with Gasteiger partial charge in [-0.3, -0.25) is 0 Å². The van der Waals surface area contributed by atoms with Gasteiger partial charge in [0.2, 0.25) is 0 Å². The lowest BCUT2D eigenvalue weighted by Crippen LogP contribution is -2.52. The van der Waals surface area contributed by atoms with E-state index in [4.69, 9.17) is 19.2 Å². The van der Waals surface area contributed by atoms with Crippen molar-refractivity contribution in [2.45, 2.75) is 119 Å². The van der Waals surface area contributed by atoms with Crippen molar-refractivity contribution in [3.63, 3.8) is 0 Å². The Balaban J connectivity index is 2.05. The molecule has 0 spiro atoms. The molecule has 0 radical (unpaired) electrons. The van der Waals surface area contributed by atoms with Crippen LogP contribution < -0.4 is 0 Å². The van der Waals surface area contributed by atoms with Crippen LogP contribution in [0, 0.1) is 22.7 Å². The Morgan fingerprint density at radius 1 is 0.692 bits per heavy atom. The van der Waals surface area contributed by atoms with Crippen LogP contribution >= 0.6 is 0 Å². The summed E-state index contributed by atoms with van der Waals surface area (Å²) < 4.78 is 12.7. The molecular weight excluding hydrogens is 328 g/mol. The van der Waals surface area contributed by atoms with Crippen LogP contribution in [0.5, 0.6) is 0 Å². The number of hydrogen-bond acceptors (Lipinski definition) is 4. The predicted octanol–water partition coefficient (Wildman–Crippen LogP) is 6.09. The molecule has 2 fully saturated rings. The summed E-state index contributed by atoms with van der Waals surface area (Å²) in [6.07, 6.45) is 4.07. The second-order valence-corrected chi connectivity index (χ2v) is 11.5. The van der Waals surface area contributed by atoms with E-state index in [1.54, 1.807) is 0 Å². The Morgan fingerprint density at radius 2 is 1.00 bits per heavy atom. The Hall–Kier alpha value is -0.160. The SMILES string of the molecule is CC1CC(C(C)(C)C)OC(C)(OOC2(C)CC(C)CC(C(C)(C)C)O2)C1. The monoisotopic (exact) mass is 370 g/mol. The normalized spacial score (nSPS) is 42.7. The van der Waals surface area contributed by atoms with Gasteiger partial charge in [0.05, 0.1) is 12.2 Å². The van der Waals surface area contributed by atoms with E-state index < -0.39 is 11.6 Å². The average molecular weight is 371 g/mol. The molecule has 0 N–H and O–H groups in total. The number of ether oxygens (including phenoxy) is 2. The van der Waals surface area contributed by atoms with Gasteiger partial charge in [0.25, 0.3) is 0 Å². The smallest absolute Gasteiger partial charge is 0.199 e. The summed E-state index contributed by atoms with van der Waals surface area (Å²) in [5.74, 6) is -0.411. The molecule has 2 aliphatic rings. The van der Waals surface area contributed by atoms with E-state index in [0.29, 0.717) is 11.8 Å². The lowest BCUT2D eigenvalue weighted by Gasteiger charge is -2.48. The summed E-state index contributed by atoms with van der Waals surface area (Å²) in [7, 11) is 0. The van der Waals surface area contributed by atoms with Crippen LogP contribution in [0.3, 0.4) is 0 Å². The van der Waals surface area contributed by atoms with Crippen LogP contribution in [0.2, 0.25) is 0 Å². The van der Waals surface area contributed by atoms with E-state index in [-0.39, 0.29) is 23.0 Å². The highest BCUT2D eigenvalue weighted by molar-refractivity contribution is 4.87. The van der Waals surface area contributed by atoms with E-state index in [1.807, 2.05) is 13.8 Å². The van der Waals surface area contributed by atoms with Gasteiger partial charge in [-0.2, -0.15) is 9.78 Å². The third kappa shape index (κ3) is 5.67. The minimum absolute atomic E-state index is 0.0797. The van der Waals surface area contributed by atoms with Crippen molar-refractivity contribution in [1.82, 2.24) is 0 Å². The van der Waals surface area contributed by atoms with E-state index >= 15 is 0 Å². The van der Waals surface area contributed by atoms with Crippen molar-refractivity contribution < 1.29 is 19.2 Å². The fourth-order valence-corrected chi connectivity index (χ4v) is 4.30. The largest absolute Gasteiger partial charge is 0.344 e. The first-order valence-electron chi connectivity index (χ1n) is 10.3. The Labute approximate surface area is 161 Å². The zero-order valence-electron chi connectivity index (χ0n) is 18.8. The summed E-state index contributed by atoms with van der Waals surface area (Å²) in [6, 6.07) is 0. The first-order valence-corrected chi connectivity index (χ1v) is 10.3. The van der Waals surface area contributed by atoms with Crippen LogP contribution in [0.25, 0.3) is 0 Å². The summed E-state index contributed by atoms with van der Waals surface area (Å²) in [5, 5.41) is 0. The summed E-state index contributed by atoms with van der Waals surface area (Å²) in [6.45, 7) is 21.8. The molecule has 2 heterocycles. The van der Waals surface area contributed by atoms with Crippen LogP contribution in [0.1, 0.15) is 94.9 Å². The van der Waals surface area contributed by atoms with Crippen molar-refractivity contribution in [1.29, 1.82) is 0 Å². The molecule has 6 unspecified atom stereocenters. The first kappa shape index (κ1) is 22.1. The molecular formula is C22H42O4. The molecule has 0 saturated carbocycles. The topological polar surface area (TPSA) is 36.9 Å². The van der Waals surface area contributed by atoms with Gasteiger partial charge in [-0.05, 0) is 49.4 Å². The molecule has 26 heavy (non-hydrogen) atoms. The molecule has 6 atom stereocenters. The third-order valence-electron chi connectivity index (χ3n) is 5.78. The molecule has 0 bridgehead atoms. The molecule has 154 valence electrons. The van der Waals surface area contributed by atoms with E-state index in [9.17, 15) is 0 Å². The van der Waals surface area contributed by atoms with Crippen molar-refractivity contribution in [3.8, 4) is 0 Å². The molecule has 2 rings (SSSR count). The molecule has 4 heteroatoms. The molecule has 0 aromatic carbocycles. The summed E-state index contributed by atoms with van der Waals surface area (Å²) in [5.41, 5.74) is 0.159. The maximum Gasteiger partial charge on any atom is 0.199 e. The standard InChI is InChI=1S/C22H42O4/c1-15-11-17(19(3,4)5)23-21(9,13-15)25-26-22(10)14-16(2)12-18(24-22)20(6,7)8/h15-18H,11-14H2,1-10H3. The molecule has 0 aliphatic carbocycles. The highest BCUT2D eigenvalue weighted by Crippen LogP contribution is 2.44. The average Bonchev–Trinajstić information content (AvgIpc) is 2.42. The quantitative estimate of drug-likeness (QED) is 0.445. The van der Waals surface area contributed by atoms with Crippen molar-refractivity contribution in [2.75, 3.05) is 0 Å². The van der Waals surface area contributed by atoms with Crippen molar-refractivity contribution >= 4 is 0 Å². The lowest BCUT2D eigenvalue weighted by molar-refractivity contribution is -0.521. The zero-order valence-corrected chi connectivity index (χ0v) is 18.8. The van der Waals surface area contributed by atoms with Gasteiger partial charge < -0.3 is 9.47 Å². The Morgan fingerprint density at radius 3 is 1.27 bits per heavy atom. The second-order valence-electron chi connectivity index (χ2n) is 11.5. The molecule has 4 nitrogen and oxygen atoms in total. The highest BCUT2D eigenvalue weighted by Gasteiger charge is 2.47. The van der Waals surface area contributed by atoms with Crippen LogP contribution in [0.4, 0.5) is 0 Å². The summed E-state index contributed by atoms with van der Waals surface area (Å²) >= 11 is 0. The highest BCUT2D eigenvalue weighted by atomic mass is 17.3. The van der Waals surface area contributed by atoms with Gasteiger partial charge in [0.1, 0.15) is 0 Å². The van der Waals surface area contributed by atoms with Crippen LogP contribution in [-0.2, 0) is 19.2 Å². The maximum absolute atomic E-state index is 6.36. The Bertz CT molecular complexity index is 434. The van der Waals surface area contributed by atoms with Crippen LogP contribution in [0.15, 0.2) is 0 Å². The minimum atomic E-state index is -0.736. The lowest BCUT2D eigenvalue weighted by atomic mass is 9.79. The third-order valence-corrected chi connectivity index (χ3v) is 5.78. The zero-order chi connectivity index (χ0) is 20.0. The van der Waals surface area contributed by atoms with Gasteiger partial charge in [-0.25, -0.2) is 0 Å². The predicted molar refractivity (Wildman–Crippen MR) is 104 cm³/mol. The van der Waals surface area contributed by atoms with Crippen LogP contribution in [-0.4, -0.2) is 23.8 Å². The summed E-state index contributed by atoms with van der Waals surface area (Å²) in [4.78, 5) is 11.9.